The number of amides is 2. The van der Waals surface area contributed by atoms with E-state index in [-0.39, 0.29) is 42.4 Å². The van der Waals surface area contributed by atoms with Crippen molar-refractivity contribution in [3.05, 3.63) is 95.6 Å². The summed E-state index contributed by atoms with van der Waals surface area (Å²) in [7, 11) is 1.58. The summed E-state index contributed by atoms with van der Waals surface area (Å²) >= 11 is 1.05. The third-order valence-corrected chi connectivity index (χ3v) is 7.18. The number of rotatable bonds is 10. The molecule has 1 N–H and O–H groups in total. The molecule has 1 heterocycles. The Labute approximate surface area is 233 Å². The Morgan fingerprint density at radius 1 is 0.975 bits per heavy atom. The maximum atomic E-state index is 13.4. The van der Waals surface area contributed by atoms with E-state index in [0.717, 1.165) is 34.6 Å². The lowest BCUT2D eigenvalue weighted by molar-refractivity contribution is -0.137. The Morgan fingerprint density at radius 2 is 1.65 bits per heavy atom. The highest BCUT2D eigenvalue weighted by Gasteiger charge is 2.30. The lowest BCUT2D eigenvalue weighted by Crippen LogP contribution is -2.37. The topological polar surface area (TPSA) is 84.4 Å². The van der Waals surface area contributed by atoms with Gasteiger partial charge in [-0.25, -0.2) is 0 Å². The molecule has 1 atom stereocenters. The Morgan fingerprint density at radius 3 is 2.27 bits per heavy atom. The van der Waals surface area contributed by atoms with Crippen LogP contribution in [0.4, 0.5) is 18.3 Å². The maximum Gasteiger partial charge on any atom is 0.416 e. The number of anilines is 1. The minimum Gasteiger partial charge on any atom is -0.497 e. The van der Waals surface area contributed by atoms with Gasteiger partial charge in [0.2, 0.25) is 16.9 Å². The third-order valence-electron chi connectivity index (χ3n) is 6.29. The molecule has 0 unspecified atom stereocenters. The minimum atomic E-state index is -4.43. The summed E-state index contributed by atoms with van der Waals surface area (Å²) in [5, 5.41) is 11.2. The van der Waals surface area contributed by atoms with E-state index >= 15 is 0 Å². The van der Waals surface area contributed by atoms with Crippen molar-refractivity contribution < 1.29 is 27.5 Å². The molecule has 0 aliphatic carbocycles. The number of benzene rings is 3. The van der Waals surface area contributed by atoms with E-state index in [1.165, 1.54) is 12.1 Å². The first kappa shape index (κ1) is 28.8. The highest BCUT2D eigenvalue weighted by atomic mass is 32.1. The first-order valence-electron chi connectivity index (χ1n) is 12.4. The highest BCUT2D eigenvalue weighted by molar-refractivity contribution is 7.18. The summed E-state index contributed by atoms with van der Waals surface area (Å²) in [5.74, 6) is 0.202. The van der Waals surface area contributed by atoms with E-state index in [0.29, 0.717) is 16.3 Å². The van der Waals surface area contributed by atoms with Gasteiger partial charge in [-0.05, 0) is 42.3 Å². The first-order chi connectivity index (χ1) is 19.1. The minimum absolute atomic E-state index is 0.0146. The van der Waals surface area contributed by atoms with E-state index in [9.17, 15) is 22.8 Å². The normalized spacial score (nSPS) is 12.0. The first-order valence-corrected chi connectivity index (χ1v) is 13.2. The van der Waals surface area contributed by atoms with Crippen LogP contribution in [0.15, 0.2) is 78.9 Å². The summed E-state index contributed by atoms with van der Waals surface area (Å²) in [5.41, 5.74) is 1.46. The molecule has 0 spiro atoms. The van der Waals surface area contributed by atoms with E-state index < -0.39 is 11.7 Å². The molecule has 7 nitrogen and oxygen atoms in total. The van der Waals surface area contributed by atoms with E-state index in [2.05, 4.69) is 15.5 Å². The van der Waals surface area contributed by atoms with Gasteiger partial charge in [0.15, 0.2) is 0 Å². The van der Waals surface area contributed by atoms with Crippen LogP contribution in [0.5, 0.6) is 5.75 Å². The number of aromatic nitrogens is 2. The van der Waals surface area contributed by atoms with Gasteiger partial charge < -0.3 is 15.0 Å². The number of halogens is 3. The van der Waals surface area contributed by atoms with Crippen LogP contribution >= 0.6 is 11.3 Å². The van der Waals surface area contributed by atoms with Crippen molar-refractivity contribution in [2.24, 2.45) is 0 Å². The van der Waals surface area contributed by atoms with Gasteiger partial charge in [-0.2, -0.15) is 13.2 Å². The molecule has 0 saturated heterocycles. The van der Waals surface area contributed by atoms with Crippen LogP contribution in [0.3, 0.4) is 0 Å². The molecule has 11 heteroatoms. The smallest absolute Gasteiger partial charge is 0.416 e. The summed E-state index contributed by atoms with van der Waals surface area (Å²) in [4.78, 5) is 27.8. The van der Waals surface area contributed by atoms with Gasteiger partial charge in [-0.3, -0.25) is 9.59 Å². The van der Waals surface area contributed by atoms with Gasteiger partial charge >= 0.3 is 6.18 Å². The van der Waals surface area contributed by atoms with Gasteiger partial charge in [-0.15, -0.1) is 10.2 Å². The van der Waals surface area contributed by atoms with Gasteiger partial charge in [0.25, 0.3) is 0 Å². The molecule has 40 heavy (non-hydrogen) atoms. The second-order valence-electron chi connectivity index (χ2n) is 8.98. The number of alkyl halides is 3. The van der Waals surface area contributed by atoms with Gasteiger partial charge in [0, 0.05) is 18.5 Å². The lowest BCUT2D eigenvalue weighted by Gasteiger charge is -2.30. The molecule has 208 valence electrons. The van der Waals surface area contributed by atoms with Gasteiger partial charge in [-0.1, -0.05) is 65.9 Å². The zero-order valence-corrected chi connectivity index (χ0v) is 22.6. The Bertz CT molecular complexity index is 1430. The van der Waals surface area contributed by atoms with E-state index in [1.807, 2.05) is 49.4 Å². The quantitative estimate of drug-likeness (QED) is 0.240. The summed E-state index contributed by atoms with van der Waals surface area (Å²) in [6.45, 7) is 2.09. The summed E-state index contributed by atoms with van der Waals surface area (Å²) < 4.78 is 43.7. The molecule has 4 aromatic rings. The Hall–Kier alpha value is -4.25. The molecule has 2 amide bonds. The molecular formula is C29H27F3N4O3S. The second kappa shape index (κ2) is 12.7. The summed E-state index contributed by atoms with van der Waals surface area (Å²) in [6, 6.07) is 21.1. The molecule has 0 aliphatic rings. The van der Waals surface area contributed by atoms with Crippen molar-refractivity contribution >= 4 is 28.3 Å². The Kier molecular flexibility index (Phi) is 9.15. The largest absolute Gasteiger partial charge is 0.497 e. The monoisotopic (exact) mass is 568 g/mol. The van der Waals surface area contributed by atoms with Crippen molar-refractivity contribution in [2.45, 2.75) is 32.0 Å². The standard InChI is InChI=1S/C29H27F3N4O3S/c1-19(21-6-4-3-5-7-21)36(26(38)18-20-8-14-24(39-2)15-9-20)17-16-25(37)33-28-35-34-27(40-28)22-10-12-23(13-11-22)29(30,31)32/h3-15,19H,16-18H2,1-2H3,(H,33,35,37)/t19-/m0/s1. The zero-order valence-electron chi connectivity index (χ0n) is 21.8. The number of carbonyl (C=O) groups is 2. The average molecular weight is 569 g/mol. The average Bonchev–Trinajstić information content (AvgIpc) is 3.42. The second-order valence-corrected chi connectivity index (χ2v) is 9.96. The van der Waals surface area contributed by atoms with E-state index in [4.69, 9.17) is 4.74 Å². The van der Waals surface area contributed by atoms with Crippen LogP contribution in [0, 0.1) is 0 Å². The highest BCUT2D eigenvalue weighted by Crippen LogP contribution is 2.32. The molecule has 4 rings (SSSR count). The number of carbonyl (C=O) groups excluding carboxylic acids is 2. The number of nitrogens with one attached hydrogen (secondary N) is 1. The Balaban J connectivity index is 1.41. The number of nitrogens with zero attached hydrogens (tertiary/aromatic N) is 3. The van der Waals surface area contributed by atoms with Crippen LogP contribution in [-0.2, 0) is 22.2 Å². The SMILES string of the molecule is COc1ccc(CC(=O)N(CCC(=O)Nc2nnc(-c3ccc(C(F)(F)F)cc3)s2)[C@@H](C)c2ccccc2)cc1. The predicted octanol–water partition coefficient (Wildman–Crippen LogP) is 6.39. The fourth-order valence-corrected chi connectivity index (χ4v) is 4.83. The molecule has 1 aromatic heterocycles. The number of ether oxygens (including phenoxy) is 1. The van der Waals surface area contributed by atoms with Gasteiger partial charge in [0.05, 0.1) is 25.1 Å². The number of methoxy groups -OCH3 is 1. The van der Waals surface area contributed by atoms with Crippen LogP contribution < -0.4 is 10.1 Å². The van der Waals surface area contributed by atoms with Crippen LogP contribution in [-0.4, -0.2) is 40.6 Å². The number of hydrogen-bond acceptors (Lipinski definition) is 6. The van der Waals surface area contributed by atoms with Crippen molar-refractivity contribution in [1.82, 2.24) is 15.1 Å². The van der Waals surface area contributed by atoms with Crippen molar-refractivity contribution in [1.29, 1.82) is 0 Å². The molecule has 3 aromatic carbocycles. The van der Waals surface area contributed by atoms with Gasteiger partial charge in [0.1, 0.15) is 10.8 Å². The molecular weight excluding hydrogens is 541 g/mol. The molecule has 0 saturated carbocycles. The van der Waals surface area contributed by atoms with Crippen molar-refractivity contribution in [2.75, 3.05) is 19.0 Å². The fraction of sp³-hybridized carbons (Fsp3) is 0.241. The lowest BCUT2D eigenvalue weighted by atomic mass is 10.0. The zero-order chi connectivity index (χ0) is 28.7. The molecule has 0 bridgehead atoms. The fourth-order valence-electron chi connectivity index (χ4n) is 4.06. The van der Waals surface area contributed by atoms with Crippen molar-refractivity contribution in [3.63, 3.8) is 0 Å². The van der Waals surface area contributed by atoms with Crippen LogP contribution in [0.2, 0.25) is 0 Å². The van der Waals surface area contributed by atoms with Crippen molar-refractivity contribution in [3.8, 4) is 16.3 Å². The number of hydrogen-bond donors (Lipinski definition) is 1. The maximum absolute atomic E-state index is 13.4. The van der Waals surface area contributed by atoms with E-state index in [1.54, 1.807) is 24.1 Å². The molecule has 0 radical (unpaired) electrons. The van der Waals surface area contributed by atoms with Crippen LogP contribution in [0.25, 0.3) is 10.6 Å². The van der Waals surface area contributed by atoms with Crippen LogP contribution in [0.1, 0.15) is 36.1 Å². The molecule has 0 aliphatic heterocycles. The third kappa shape index (κ3) is 7.44. The predicted molar refractivity (Wildman–Crippen MR) is 147 cm³/mol. The molecule has 0 fully saturated rings. The summed E-state index contributed by atoms with van der Waals surface area (Å²) in [6.07, 6.45) is -4.25.